The monoisotopic (exact) mass is 533 g/mol. The second-order valence-corrected chi connectivity index (χ2v) is 9.71. The van der Waals surface area contributed by atoms with Crippen LogP contribution in [0.25, 0.3) is 33.9 Å². The number of pyridine rings is 1. The first-order valence-corrected chi connectivity index (χ1v) is 12.5. The lowest BCUT2D eigenvalue weighted by Gasteiger charge is -2.09. The number of imidazole rings is 1. The molecule has 198 valence electrons. The molecule has 1 fully saturated rings. The molecule has 1 aliphatic heterocycles. The number of hydrogen-bond donors (Lipinski definition) is 1. The summed E-state index contributed by atoms with van der Waals surface area (Å²) in [5.41, 5.74) is 4.98. The number of fused-ring (bicyclic) bond motifs is 4. The maximum Gasteiger partial charge on any atom is 0.434 e. The lowest BCUT2D eigenvalue weighted by Crippen LogP contribution is -2.15. The Labute approximate surface area is 220 Å². The van der Waals surface area contributed by atoms with Gasteiger partial charge in [-0.25, -0.2) is 19.9 Å². The van der Waals surface area contributed by atoms with Gasteiger partial charge in [0.15, 0.2) is 11.3 Å². The van der Waals surface area contributed by atoms with Crippen LogP contribution < -0.4 is 10.1 Å². The van der Waals surface area contributed by atoms with Gasteiger partial charge in [-0.2, -0.15) is 13.2 Å². The van der Waals surface area contributed by atoms with Crippen LogP contribution in [0, 0.1) is 0 Å². The number of halogens is 3. The van der Waals surface area contributed by atoms with Crippen LogP contribution in [-0.4, -0.2) is 36.6 Å². The molecular formula is C27H22F3N7O2. The van der Waals surface area contributed by atoms with E-state index in [1.807, 2.05) is 18.2 Å². The van der Waals surface area contributed by atoms with Crippen molar-refractivity contribution in [2.45, 2.75) is 44.6 Å². The van der Waals surface area contributed by atoms with Gasteiger partial charge in [-0.05, 0) is 30.0 Å². The minimum Gasteiger partial charge on any atom is -0.480 e. The minimum absolute atomic E-state index is 0.236. The third-order valence-electron chi connectivity index (χ3n) is 7.04. The summed E-state index contributed by atoms with van der Waals surface area (Å²) in [5, 5.41) is 3.18. The van der Waals surface area contributed by atoms with Gasteiger partial charge >= 0.3 is 6.18 Å². The molecule has 12 heteroatoms. The molecule has 2 aliphatic rings. The summed E-state index contributed by atoms with van der Waals surface area (Å²) in [4.78, 5) is 21.9. The van der Waals surface area contributed by atoms with E-state index in [1.54, 1.807) is 19.4 Å². The average Bonchev–Trinajstić information content (AvgIpc) is 3.57. The van der Waals surface area contributed by atoms with Gasteiger partial charge in [-0.3, -0.25) is 10.3 Å². The van der Waals surface area contributed by atoms with Crippen molar-refractivity contribution in [3.05, 3.63) is 71.2 Å². The highest BCUT2D eigenvalue weighted by Gasteiger charge is 2.36. The van der Waals surface area contributed by atoms with Crippen LogP contribution in [-0.2, 0) is 25.8 Å². The molecule has 0 atom stereocenters. The second-order valence-electron chi connectivity index (χ2n) is 9.71. The summed E-state index contributed by atoms with van der Waals surface area (Å²) >= 11 is 0. The van der Waals surface area contributed by atoms with Gasteiger partial charge in [-0.1, -0.05) is 18.2 Å². The van der Waals surface area contributed by atoms with Crippen molar-refractivity contribution in [2.24, 2.45) is 0 Å². The van der Waals surface area contributed by atoms with Gasteiger partial charge in [0.2, 0.25) is 11.8 Å². The van der Waals surface area contributed by atoms with Crippen molar-refractivity contribution in [1.29, 1.82) is 0 Å². The van der Waals surface area contributed by atoms with Gasteiger partial charge in [-0.15, -0.1) is 0 Å². The number of nitrogens with one attached hydrogen (secondary N) is 1. The Bertz CT molecular complexity index is 1720. The van der Waals surface area contributed by atoms with Crippen LogP contribution in [0.4, 0.5) is 13.2 Å². The quantitative estimate of drug-likeness (QED) is 0.333. The Morgan fingerprint density at radius 1 is 1.13 bits per heavy atom. The third-order valence-corrected chi connectivity index (χ3v) is 7.04. The molecule has 0 saturated heterocycles. The predicted molar refractivity (Wildman–Crippen MR) is 134 cm³/mol. The topological polar surface area (TPSA) is 104 Å². The number of benzene rings is 1. The van der Waals surface area contributed by atoms with Crippen molar-refractivity contribution in [2.75, 3.05) is 7.11 Å². The summed E-state index contributed by atoms with van der Waals surface area (Å²) in [7, 11) is 1.56. The van der Waals surface area contributed by atoms with E-state index < -0.39 is 11.9 Å². The number of hydrogen-bond acceptors (Lipinski definition) is 8. The molecule has 0 spiro atoms. The number of rotatable bonds is 5. The van der Waals surface area contributed by atoms with Crippen molar-refractivity contribution in [3.63, 3.8) is 0 Å². The van der Waals surface area contributed by atoms with Gasteiger partial charge in [0.05, 0.1) is 25.2 Å². The molecule has 0 amide bonds. The van der Waals surface area contributed by atoms with Crippen LogP contribution in [0.2, 0.25) is 0 Å². The standard InChI is InChI=1S/C27H22F3N7O2/c1-38-25-21(22(15-3-4-15)33-12-34-25)26-35-18-6-7-32-19(23(18)39-26)9-14-2-5-17-16(8-14)10-31-13-37-11-20(27(28,29)30)36-24(17)37/h2,5-8,11-12,15,31H,3-4,9-10,13H2,1H3. The molecule has 39 heavy (non-hydrogen) atoms. The second kappa shape index (κ2) is 8.87. The van der Waals surface area contributed by atoms with E-state index in [2.05, 4.69) is 25.3 Å². The van der Waals surface area contributed by atoms with Gasteiger partial charge in [0.1, 0.15) is 23.2 Å². The van der Waals surface area contributed by atoms with Crippen molar-refractivity contribution >= 4 is 11.1 Å². The predicted octanol–water partition coefficient (Wildman–Crippen LogP) is 5.10. The molecule has 0 radical (unpaired) electrons. The van der Waals surface area contributed by atoms with E-state index in [9.17, 15) is 13.2 Å². The normalized spacial score (nSPS) is 15.2. The summed E-state index contributed by atoms with van der Waals surface area (Å²) in [6, 6.07) is 7.46. The van der Waals surface area contributed by atoms with E-state index >= 15 is 0 Å². The minimum atomic E-state index is -4.51. The van der Waals surface area contributed by atoms with Crippen LogP contribution in [0.15, 0.2) is 47.4 Å². The summed E-state index contributed by atoms with van der Waals surface area (Å²) in [6.45, 7) is 0.732. The molecule has 1 aliphatic carbocycles. The fraction of sp³-hybridized carbons (Fsp3) is 0.296. The first kappa shape index (κ1) is 23.8. The Balaban J connectivity index is 1.25. The Morgan fingerprint density at radius 3 is 2.79 bits per heavy atom. The molecule has 1 N–H and O–H groups in total. The molecule has 7 rings (SSSR count). The molecule has 9 nitrogen and oxygen atoms in total. The maximum atomic E-state index is 13.3. The zero-order valence-electron chi connectivity index (χ0n) is 20.8. The SMILES string of the molecule is COc1ncnc(C2CC2)c1-c1nc2ccnc(Cc3ccc4c(c3)CNCn3cc(C(F)(F)F)nc3-4)c2o1. The maximum absolute atomic E-state index is 13.3. The van der Waals surface area contributed by atoms with Crippen molar-refractivity contribution in [1.82, 2.24) is 34.8 Å². The largest absolute Gasteiger partial charge is 0.480 e. The summed E-state index contributed by atoms with van der Waals surface area (Å²) < 4.78 is 53.1. The highest BCUT2D eigenvalue weighted by atomic mass is 19.4. The van der Waals surface area contributed by atoms with Gasteiger partial charge in [0.25, 0.3) is 0 Å². The van der Waals surface area contributed by atoms with Crippen molar-refractivity contribution < 1.29 is 22.3 Å². The van der Waals surface area contributed by atoms with E-state index in [-0.39, 0.29) is 6.67 Å². The Kier molecular flexibility index (Phi) is 5.41. The smallest absolute Gasteiger partial charge is 0.434 e. The summed E-state index contributed by atoms with van der Waals surface area (Å²) in [6.07, 6.45) is 2.25. The molecule has 1 saturated carbocycles. The van der Waals surface area contributed by atoms with Crippen LogP contribution >= 0.6 is 0 Å². The van der Waals surface area contributed by atoms with Crippen LogP contribution in [0.1, 0.15) is 47.0 Å². The molecule has 0 bridgehead atoms. The zero-order chi connectivity index (χ0) is 26.7. The molecule has 1 aromatic carbocycles. The highest BCUT2D eigenvalue weighted by Crippen LogP contribution is 2.46. The fourth-order valence-electron chi connectivity index (χ4n) is 5.06. The van der Waals surface area contributed by atoms with E-state index in [0.717, 1.165) is 35.9 Å². The fourth-order valence-corrected chi connectivity index (χ4v) is 5.06. The number of oxazole rings is 1. The van der Waals surface area contributed by atoms with E-state index in [4.69, 9.17) is 14.1 Å². The van der Waals surface area contributed by atoms with E-state index in [0.29, 0.717) is 64.4 Å². The lowest BCUT2D eigenvalue weighted by molar-refractivity contribution is -0.140. The highest BCUT2D eigenvalue weighted by molar-refractivity contribution is 5.80. The lowest BCUT2D eigenvalue weighted by atomic mass is 10.0. The zero-order valence-corrected chi connectivity index (χ0v) is 20.8. The van der Waals surface area contributed by atoms with Gasteiger partial charge < -0.3 is 13.7 Å². The molecule has 5 heterocycles. The van der Waals surface area contributed by atoms with Gasteiger partial charge in [0, 0.05) is 36.8 Å². The number of alkyl halides is 3. The van der Waals surface area contributed by atoms with Crippen molar-refractivity contribution in [3.8, 4) is 28.7 Å². The van der Waals surface area contributed by atoms with E-state index in [1.165, 1.54) is 10.9 Å². The molecule has 0 unspecified atom stereocenters. The molecule has 4 aromatic heterocycles. The first-order chi connectivity index (χ1) is 18.9. The first-order valence-electron chi connectivity index (χ1n) is 12.5. The van der Waals surface area contributed by atoms with Crippen LogP contribution in [0.5, 0.6) is 5.88 Å². The molecular weight excluding hydrogens is 511 g/mol. The number of methoxy groups -OCH3 is 1. The average molecular weight is 534 g/mol. The Hall–Kier alpha value is -4.32. The van der Waals surface area contributed by atoms with Crippen LogP contribution in [0.3, 0.4) is 0 Å². The molecule has 5 aromatic rings. The number of aromatic nitrogens is 6. The third kappa shape index (κ3) is 4.20. The Morgan fingerprint density at radius 2 is 2.00 bits per heavy atom. The number of ether oxygens (including phenoxy) is 1. The summed E-state index contributed by atoms with van der Waals surface area (Å²) in [5.74, 6) is 1.43. The number of nitrogens with zero attached hydrogens (tertiary/aromatic N) is 6.